The molecule has 4 heteroatoms. The van der Waals surface area contributed by atoms with E-state index in [2.05, 4.69) is 11.8 Å². The molecule has 1 saturated carbocycles. The lowest BCUT2D eigenvalue weighted by atomic mass is 10.0. The first kappa shape index (κ1) is 12.8. The molecule has 0 bridgehead atoms. The van der Waals surface area contributed by atoms with Crippen LogP contribution >= 0.6 is 0 Å². The number of likely N-dealkylation sites (N-methyl/N-ethyl adjacent to an activating group) is 1. The van der Waals surface area contributed by atoms with Gasteiger partial charge >= 0.3 is 0 Å². The lowest BCUT2D eigenvalue weighted by Crippen LogP contribution is -2.49. The quantitative estimate of drug-likeness (QED) is 0.772. The van der Waals surface area contributed by atoms with Crippen LogP contribution in [0.1, 0.15) is 39.0 Å². The number of piperidine rings is 1. The zero-order chi connectivity index (χ0) is 12.3. The molecule has 0 aromatic carbocycles. The molecule has 17 heavy (non-hydrogen) atoms. The predicted molar refractivity (Wildman–Crippen MR) is 68.7 cm³/mol. The van der Waals surface area contributed by atoms with Crippen molar-refractivity contribution >= 4 is 5.91 Å². The van der Waals surface area contributed by atoms with Crippen molar-refractivity contribution in [1.82, 2.24) is 9.80 Å². The summed E-state index contributed by atoms with van der Waals surface area (Å²) in [4.78, 5) is 16.6. The third kappa shape index (κ3) is 3.19. The van der Waals surface area contributed by atoms with Gasteiger partial charge in [0.1, 0.15) is 0 Å². The second-order valence-electron chi connectivity index (χ2n) is 5.27. The second-order valence-corrected chi connectivity index (χ2v) is 5.27. The standard InChI is InChI=1S/C13H25N3O/c1-2-16(11-6-7-11)13(17)10-15-8-4-3-5-12(15)9-14/h11-12H,2-10,14H2,1H3. The zero-order valence-electron chi connectivity index (χ0n) is 10.9. The number of rotatable bonds is 5. The number of carbonyl (C=O) groups excluding carboxylic acids is 1. The minimum absolute atomic E-state index is 0.301. The maximum atomic E-state index is 12.2. The summed E-state index contributed by atoms with van der Waals surface area (Å²) < 4.78 is 0. The number of hydrogen-bond donors (Lipinski definition) is 1. The molecule has 1 unspecified atom stereocenters. The van der Waals surface area contributed by atoms with Crippen LogP contribution < -0.4 is 5.73 Å². The molecule has 1 aliphatic carbocycles. The van der Waals surface area contributed by atoms with Crippen LogP contribution in [0.3, 0.4) is 0 Å². The molecule has 0 radical (unpaired) electrons. The van der Waals surface area contributed by atoms with Crippen molar-refractivity contribution in [2.24, 2.45) is 5.73 Å². The molecule has 2 rings (SSSR count). The number of amides is 1. The van der Waals surface area contributed by atoms with Crippen molar-refractivity contribution in [1.29, 1.82) is 0 Å². The van der Waals surface area contributed by atoms with Gasteiger partial charge in [-0.1, -0.05) is 6.42 Å². The normalized spacial score (nSPS) is 25.9. The largest absolute Gasteiger partial charge is 0.339 e. The molecule has 0 aromatic rings. The number of likely N-dealkylation sites (tertiary alicyclic amines) is 1. The summed E-state index contributed by atoms with van der Waals surface area (Å²) >= 11 is 0. The first-order valence-corrected chi connectivity index (χ1v) is 6.99. The van der Waals surface area contributed by atoms with E-state index in [1.54, 1.807) is 0 Å². The number of carbonyl (C=O) groups is 1. The van der Waals surface area contributed by atoms with Crippen LogP contribution in [0.4, 0.5) is 0 Å². The number of nitrogens with zero attached hydrogens (tertiary/aromatic N) is 2. The van der Waals surface area contributed by atoms with Gasteiger partial charge in [-0.2, -0.15) is 0 Å². The SMILES string of the molecule is CCN(C(=O)CN1CCCCC1CN)C1CC1. The third-order valence-electron chi connectivity index (χ3n) is 4.01. The highest BCUT2D eigenvalue weighted by atomic mass is 16.2. The van der Waals surface area contributed by atoms with Gasteiger partial charge in [-0.25, -0.2) is 0 Å². The van der Waals surface area contributed by atoms with Gasteiger partial charge < -0.3 is 10.6 Å². The average Bonchev–Trinajstić information content (AvgIpc) is 3.15. The third-order valence-corrected chi connectivity index (χ3v) is 4.01. The Hall–Kier alpha value is -0.610. The van der Waals surface area contributed by atoms with E-state index in [1.165, 1.54) is 25.7 Å². The number of hydrogen-bond acceptors (Lipinski definition) is 3. The van der Waals surface area contributed by atoms with Gasteiger partial charge in [-0.3, -0.25) is 9.69 Å². The minimum Gasteiger partial charge on any atom is -0.339 e. The second kappa shape index (κ2) is 5.83. The van der Waals surface area contributed by atoms with Crippen molar-refractivity contribution in [3.63, 3.8) is 0 Å². The molecule has 1 heterocycles. The van der Waals surface area contributed by atoms with Gasteiger partial charge in [0.15, 0.2) is 0 Å². The van der Waals surface area contributed by atoms with Crippen molar-refractivity contribution in [3.8, 4) is 0 Å². The van der Waals surface area contributed by atoms with Gasteiger partial charge in [0.25, 0.3) is 0 Å². The van der Waals surface area contributed by atoms with Gasteiger partial charge in [-0.15, -0.1) is 0 Å². The molecule has 1 amide bonds. The molecule has 98 valence electrons. The van der Waals surface area contributed by atoms with Gasteiger partial charge in [0.2, 0.25) is 5.91 Å². The summed E-state index contributed by atoms with van der Waals surface area (Å²) in [6, 6.07) is 0.958. The first-order valence-electron chi connectivity index (χ1n) is 6.99. The summed E-state index contributed by atoms with van der Waals surface area (Å²) in [6.07, 6.45) is 6.01. The van der Waals surface area contributed by atoms with Gasteiger partial charge in [0, 0.05) is 25.2 Å². The highest BCUT2D eigenvalue weighted by molar-refractivity contribution is 5.79. The van der Waals surface area contributed by atoms with E-state index in [-0.39, 0.29) is 0 Å². The molecule has 0 aromatic heterocycles. The van der Waals surface area contributed by atoms with Crippen molar-refractivity contribution < 1.29 is 4.79 Å². The Morgan fingerprint density at radius 1 is 1.35 bits per heavy atom. The Bertz CT molecular complexity index is 265. The van der Waals surface area contributed by atoms with E-state index < -0.39 is 0 Å². The highest BCUT2D eigenvalue weighted by Gasteiger charge is 2.33. The van der Waals surface area contributed by atoms with Crippen LogP contribution in [0.15, 0.2) is 0 Å². The topological polar surface area (TPSA) is 49.6 Å². The molecule has 2 aliphatic rings. The Balaban J connectivity index is 1.87. The molecular weight excluding hydrogens is 214 g/mol. The molecule has 2 N–H and O–H groups in total. The maximum absolute atomic E-state index is 12.2. The van der Waals surface area contributed by atoms with E-state index >= 15 is 0 Å². The Morgan fingerprint density at radius 2 is 2.12 bits per heavy atom. The van der Waals surface area contributed by atoms with Gasteiger partial charge in [0.05, 0.1) is 6.54 Å². The van der Waals surface area contributed by atoms with Crippen LogP contribution in [0.5, 0.6) is 0 Å². The Morgan fingerprint density at radius 3 is 2.71 bits per heavy atom. The Labute approximate surface area is 104 Å². The molecule has 1 aliphatic heterocycles. The number of nitrogens with two attached hydrogens (primary N) is 1. The highest BCUT2D eigenvalue weighted by Crippen LogP contribution is 2.27. The predicted octanol–water partition coefficient (Wildman–Crippen LogP) is 0.811. The maximum Gasteiger partial charge on any atom is 0.236 e. The molecule has 1 saturated heterocycles. The molecule has 2 fully saturated rings. The van der Waals surface area contributed by atoms with E-state index in [9.17, 15) is 4.79 Å². The van der Waals surface area contributed by atoms with E-state index in [1.807, 2.05) is 4.90 Å². The summed E-state index contributed by atoms with van der Waals surface area (Å²) in [6.45, 7) is 5.22. The molecular formula is C13H25N3O. The van der Waals surface area contributed by atoms with Crippen LogP contribution in [-0.2, 0) is 4.79 Å². The lowest BCUT2D eigenvalue weighted by Gasteiger charge is -2.35. The van der Waals surface area contributed by atoms with Crippen LogP contribution in [0.25, 0.3) is 0 Å². The average molecular weight is 239 g/mol. The smallest absolute Gasteiger partial charge is 0.236 e. The molecule has 1 atom stereocenters. The molecule has 0 spiro atoms. The fraction of sp³-hybridized carbons (Fsp3) is 0.923. The van der Waals surface area contributed by atoms with E-state index in [0.29, 0.717) is 31.1 Å². The van der Waals surface area contributed by atoms with Crippen LogP contribution in [0.2, 0.25) is 0 Å². The van der Waals surface area contributed by atoms with Crippen molar-refractivity contribution in [2.75, 3.05) is 26.2 Å². The van der Waals surface area contributed by atoms with Crippen molar-refractivity contribution in [3.05, 3.63) is 0 Å². The fourth-order valence-corrected chi connectivity index (χ4v) is 2.82. The summed E-state index contributed by atoms with van der Waals surface area (Å²) in [5.74, 6) is 0.301. The molecule has 4 nitrogen and oxygen atoms in total. The Kier molecular flexibility index (Phi) is 4.40. The fourth-order valence-electron chi connectivity index (χ4n) is 2.82. The van der Waals surface area contributed by atoms with E-state index in [0.717, 1.165) is 19.5 Å². The summed E-state index contributed by atoms with van der Waals surface area (Å²) in [5, 5.41) is 0. The van der Waals surface area contributed by atoms with E-state index in [4.69, 9.17) is 5.73 Å². The lowest BCUT2D eigenvalue weighted by molar-refractivity contribution is -0.133. The van der Waals surface area contributed by atoms with Gasteiger partial charge in [-0.05, 0) is 39.2 Å². The van der Waals surface area contributed by atoms with Crippen LogP contribution in [0, 0.1) is 0 Å². The van der Waals surface area contributed by atoms with Crippen LogP contribution in [-0.4, -0.2) is 54.0 Å². The minimum atomic E-state index is 0.301. The monoisotopic (exact) mass is 239 g/mol. The zero-order valence-corrected chi connectivity index (χ0v) is 10.9. The first-order chi connectivity index (χ1) is 8.26. The summed E-state index contributed by atoms with van der Waals surface area (Å²) in [7, 11) is 0. The van der Waals surface area contributed by atoms with Crippen molar-refractivity contribution in [2.45, 2.75) is 51.1 Å². The summed E-state index contributed by atoms with van der Waals surface area (Å²) in [5.41, 5.74) is 5.78.